The first-order valence-electron chi connectivity index (χ1n) is 7.38. The standard InChI is InChI=1S/C17H23ClN2/c1-4-8-19-16(12(2)3)10-13-7-9-20-17-11-14(18)5-6-15(13)17/h5-7,9,11-12,16,19H,4,8,10H2,1-3H3. The molecular formula is C17H23ClN2. The molecule has 108 valence electrons. The van der Waals surface area contributed by atoms with Crippen LogP contribution < -0.4 is 5.32 Å². The zero-order valence-corrected chi connectivity index (χ0v) is 13.2. The van der Waals surface area contributed by atoms with Gasteiger partial charge in [-0.3, -0.25) is 4.98 Å². The minimum absolute atomic E-state index is 0.497. The average Bonchev–Trinajstić information content (AvgIpc) is 2.42. The second-order valence-electron chi connectivity index (χ2n) is 5.64. The van der Waals surface area contributed by atoms with E-state index in [1.54, 1.807) is 0 Å². The van der Waals surface area contributed by atoms with Gasteiger partial charge in [-0.1, -0.05) is 38.4 Å². The predicted octanol–water partition coefficient (Wildman–Crippen LogP) is 4.45. The van der Waals surface area contributed by atoms with Crippen LogP contribution in [0.25, 0.3) is 10.9 Å². The van der Waals surface area contributed by atoms with E-state index >= 15 is 0 Å². The van der Waals surface area contributed by atoms with E-state index in [-0.39, 0.29) is 0 Å². The maximum absolute atomic E-state index is 6.04. The van der Waals surface area contributed by atoms with Crippen molar-refractivity contribution < 1.29 is 0 Å². The van der Waals surface area contributed by atoms with Crippen molar-refractivity contribution >= 4 is 22.5 Å². The first kappa shape index (κ1) is 15.3. The maximum atomic E-state index is 6.04. The Hall–Kier alpha value is -1.12. The van der Waals surface area contributed by atoms with Gasteiger partial charge in [0.25, 0.3) is 0 Å². The zero-order valence-electron chi connectivity index (χ0n) is 12.5. The number of nitrogens with one attached hydrogen (secondary N) is 1. The molecule has 0 saturated heterocycles. The van der Waals surface area contributed by atoms with Crippen LogP contribution in [0.4, 0.5) is 0 Å². The van der Waals surface area contributed by atoms with Crippen molar-refractivity contribution in [2.45, 2.75) is 39.7 Å². The van der Waals surface area contributed by atoms with E-state index in [1.165, 1.54) is 10.9 Å². The van der Waals surface area contributed by atoms with Crippen molar-refractivity contribution in [1.82, 2.24) is 10.3 Å². The molecule has 1 unspecified atom stereocenters. The lowest BCUT2D eigenvalue weighted by molar-refractivity contribution is 0.398. The van der Waals surface area contributed by atoms with E-state index in [0.29, 0.717) is 12.0 Å². The molecule has 20 heavy (non-hydrogen) atoms. The molecule has 2 nitrogen and oxygen atoms in total. The van der Waals surface area contributed by atoms with Gasteiger partial charge in [-0.05, 0) is 49.1 Å². The van der Waals surface area contributed by atoms with Gasteiger partial charge in [0.2, 0.25) is 0 Å². The van der Waals surface area contributed by atoms with Crippen molar-refractivity contribution in [3.05, 3.63) is 41.0 Å². The summed E-state index contributed by atoms with van der Waals surface area (Å²) in [5.74, 6) is 0.608. The first-order valence-corrected chi connectivity index (χ1v) is 7.76. The predicted molar refractivity (Wildman–Crippen MR) is 87.4 cm³/mol. The van der Waals surface area contributed by atoms with Crippen LogP contribution in [0, 0.1) is 5.92 Å². The number of rotatable bonds is 6. The van der Waals surface area contributed by atoms with Crippen LogP contribution in [-0.4, -0.2) is 17.6 Å². The molecule has 0 radical (unpaired) electrons. The van der Waals surface area contributed by atoms with Crippen LogP contribution in [0.2, 0.25) is 5.02 Å². The van der Waals surface area contributed by atoms with Crippen molar-refractivity contribution in [2.24, 2.45) is 5.92 Å². The van der Waals surface area contributed by atoms with E-state index in [1.807, 2.05) is 18.3 Å². The molecule has 1 aromatic carbocycles. The third-order valence-corrected chi connectivity index (χ3v) is 3.93. The Balaban J connectivity index is 2.27. The first-order chi connectivity index (χ1) is 9.61. The summed E-state index contributed by atoms with van der Waals surface area (Å²) in [6.07, 6.45) is 4.07. The highest BCUT2D eigenvalue weighted by molar-refractivity contribution is 6.31. The van der Waals surface area contributed by atoms with Gasteiger partial charge >= 0.3 is 0 Å². The van der Waals surface area contributed by atoms with E-state index in [0.717, 1.165) is 29.9 Å². The maximum Gasteiger partial charge on any atom is 0.0719 e. The summed E-state index contributed by atoms with van der Waals surface area (Å²) >= 11 is 6.04. The third-order valence-electron chi connectivity index (χ3n) is 3.70. The highest BCUT2D eigenvalue weighted by Gasteiger charge is 2.14. The lowest BCUT2D eigenvalue weighted by atomic mass is 9.94. The Labute approximate surface area is 126 Å². The molecule has 1 atom stereocenters. The summed E-state index contributed by atoms with van der Waals surface area (Å²) < 4.78 is 0. The van der Waals surface area contributed by atoms with Crippen LogP contribution >= 0.6 is 11.6 Å². The Morgan fingerprint density at radius 2 is 2.05 bits per heavy atom. The minimum atomic E-state index is 0.497. The fourth-order valence-electron chi connectivity index (χ4n) is 2.47. The fourth-order valence-corrected chi connectivity index (χ4v) is 2.64. The SMILES string of the molecule is CCCNC(Cc1ccnc2cc(Cl)ccc12)C(C)C. The smallest absolute Gasteiger partial charge is 0.0719 e. The normalized spacial score (nSPS) is 13.1. The second-order valence-corrected chi connectivity index (χ2v) is 6.08. The van der Waals surface area contributed by atoms with E-state index < -0.39 is 0 Å². The van der Waals surface area contributed by atoms with Gasteiger partial charge < -0.3 is 5.32 Å². The molecule has 1 aromatic heterocycles. The van der Waals surface area contributed by atoms with Gasteiger partial charge in [0.05, 0.1) is 5.52 Å². The van der Waals surface area contributed by atoms with Crippen molar-refractivity contribution in [3.63, 3.8) is 0 Å². The van der Waals surface area contributed by atoms with Crippen molar-refractivity contribution in [2.75, 3.05) is 6.54 Å². The van der Waals surface area contributed by atoms with Gasteiger partial charge in [0.15, 0.2) is 0 Å². The van der Waals surface area contributed by atoms with Crippen LogP contribution in [0.1, 0.15) is 32.8 Å². The number of benzene rings is 1. The molecule has 2 aromatic rings. The fraction of sp³-hybridized carbons (Fsp3) is 0.471. The van der Waals surface area contributed by atoms with Gasteiger partial charge in [0, 0.05) is 22.6 Å². The molecule has 2 rings (SSSR count). The average molecular weight is 291 g/mol. The van der Waals surface area contributed by atoms with Crippen LogP contribution in [0.5, 0.6) is 0 Å². The highest BCUT2D eigenvalue weighted by Crippen LogP contribution is 2.22. The lowest BCUT2D eigenvalue weighted by Gasteiger charge is -2.23. The third kappa shape index (κ3) is 3.71. The molecule has 0 amide bonds. The second kappa shape index (κ2) is 7.05. The molecule has 0 saturated carbocycles. The molecular weight excluding hydrogens is 268 g/mol. The summed E-state index contributed by atoms with van der Waals surface area (Å²) in [6, 6.07) is 8.58. The van der Waals surface area contributed by atoms with Crippen LogP contribution in [0.15, 0.2) is 30.5 Å². The highest BCUT2D eigenvalue weighted by atomic mass is 35.5. The molecule has 1 heterocycles. The monoisotopic (exact) mass is 290 g/mol. The van der Waals surface area contributed by atoms with Gasteiger partial charge in [0.1, 0.15) is 0 Å². The quantitative estimate of drug-likeness (QED) is 0.850. The van der Waals surface area contributed by atoms with E-state index in [4.69, 9.17) is 11.6 Å². The summed E-state index contributed by atoms with van der Waals surface area (Å²) in [4.78, 5) is 4.41. The number of hydrogen-bond acceptors (Lipinski definition) is 2. The lowest BCUT2D eigenvalue weighted by Crippen LogP contribution is -2.36. The van der Waals surface area contributed by atoms with E-state index in [9.17, 15) is 0 Å². The van der Waals surface area contributed by atoms with Crippen molar-refractivity contribution in [1.29, 1.82) is 0 Å². The summed E-state index contributed by atoms with van der Waals surface area (Å²) in [5, 5.41) is 5.60. The topological polar surface area (TPSA) is 24.9 Å². The summed E-state index contributed by atoms with van der Waals surface area (Å²) in [5.41, 5.74) is 2.32. The Morgan fingerprint density at radius 3 is 2.75 bits per heavy atom. The van der Waals surface area contributed by atoms with Crippen LogP contribution in [-0.2, 0) is 6.42 Å². The molecule has 3 heteroatoms. The van der Waals surface area contributed by atoms with E-state index in [2.05, 4.69) is 43.2 Å². The number of pyridine rings is 1. The van der Waals surface area contributed by atoms with Crippen molar-refractivity contribution in [3.8, 4) is 0 Å². The number of halogens is 1. The minimum Gasteiger partial charge on any atom is -0.313 e. The summed E-state index contributed by atoms with van der Waals surface area (Å²) in [6.45, 7) is 7.81. The number of fused-ring (bicyclic) bond motifs is 1. The zero-order chi connectivity index (χ0) is 14.5. The number of aromatic nitrogens is 1. The number of nitrogens with zero attached hydrogens (tertiary/aromatic N) is 1. The van der Waals surface area contributed by atoms with Gasteiger partial charge in [-0.15, -0.1) is 0 Å². The van der Waals surface area contributed by atoms with Crippen LogP contribution in [0.3, 0.4) is 0 Å². The molecule has 0 fully saturated rings. The largest absolute Gasteiger partial charge is 0.313 e. The Bertz CT molecular complexity index is 566. The number of hydrogen-bond donors (Lipinski definition) is 1. The molecule has 0 aliphatic heterocycles. The van der Waals surface area contributed by atoms with Gasteiger partial charge in [-0.2, -0.15) is 0 Å². The Kier molecular flexibility index (Phi) is 5.38. The van der Waals surface area contributed by atoms with Gasteiger partial charge in [-0.25, -0.2) is 0 Å². The molecule has 0 aliphatic carbocycles. The Morgan fingerprint density at radius 1 is 1.25 bits per heavy atom. The summed E-state index contributed by atoms with van der Waals surface area (Å²) in [7, 11) is 0. The molecule has 1 N–H and O–H groups in total. The molecule has 0 bridgehead atoms. The molecule has 0 spiro atoms. The molecule has 0 aliphatic rings.